The summed E-state index contributed by atoms with van der Waals surface area (Å²) in [5.41, 5.74) is 0. The van der Waals surface area contributed by atoms with E-state index < -0.39 is 18.2 Å². The van der Waals surface area contributed by atoms with E-state index in [4.69, 9.17) is 4.74 Å². The molecule has 0 radical (unpaired) electrons. The molecule has 0 bridgehead atoms. The Bertz CT molecular complexity index is 1050. The molecule has 0 saturated carbocycles. The summed E-state index contributed by atoms with van der Waals surface area (Å²) in [6.45, 7) is 6.32. The fourth-order valence-corrected chi connectivity index (χ4v) is 7.12. The Morgan fingerprint density at radius 2 is 0.931 bits per heavy atom. The Labute approximate surface area is 358 Å². The Kier molecular flexibility index (Phi) is 43.7. The van der Waals surface area contributed by atoms with Crippen molar-refractivity contribution < 1.29 is 24.5 Å². The first kappa shape index (κ1) is 55.6. The fraction of sp³-hybridized carbons (Fsp3) is 0.769. The number of esters is 1. The summed E-state index contributed by atoms with van der Waals surface area (Å²) in [6.07, 6.45) is 55.6. The minimum Gasteiger partial charge on any atom is -0.462 e. The lowest BCUT2D eigenvalue weighted by Crippen LogP contribution is -2.46. The Balaban J connectivity index is 4.59. The van der Waals surface area contributed by atoms with E-state index in [1.54, 1.807) is 0 Å². The van der Waals surface area contributed by atoms with Crippen LogP contribution in [0.25, 0.3) is 0 Å². The van der Waals surface area contributed by atoms with Gasteiger partial charge < -0.3 is 20.3 Å². The van der Waals surface area contributed by atoms with Crippen molar-refractivity contribution in [1.29, 1.82) is 0 Å². The van der Waals surface area contributed by atoms with Gasteiger partial charge in [0.15, 0.2) is 0 Å². The number of rotatable bonds is 43. The smallest absolute Gasteiger partial charge is 0.306 e. The van der Waals surface area contributed by atoms with E-state index in [9.17, 15) is 19.8 Å². The topological polar surface area (TPSA) is 95.9 Å². The van der Waals surface area contributed by atoms with Gasteiger partial charge in [0.2, 0.25) is 5.91 Å². The predicted octanol–water partition coefficient (Wildman–Crippen LogP) is 14.5. The van der Waals surface area contributed by atoms with Crippen LogP contribution < -0.4 is 5.32 Å². The van der Waals surface area contributed by atoms with Crippen molar-refractivity contribution in [1.82, 2.24) is 5.32 Å². The molecule has 1 amide bonds. The van der Waals surface area contributed by atoms with Crippen LogP contribution in [-0.2, 0) is 14.3 Å². The first-order valence-electron chi connectivity index (χ1n) is 24.5. The molecular weight excluding hydrogens is 719 g/mol. The number of unbranched alkanes of at least 4 members (excludes halogenated alkanes) is 21. The molecule has 0 aliphatic rings. The molecule has 0 aromatic heterocycles. The molecular formula is C52H93NO5. The maximum absolute atomic E-state index is 13.1. The molecule has 0 heterocycles. The third-order valence-corrected chi connectivity index (χ3v) is 10.8. The Morgan fingerprint density at radius 1 is 0.517 bits per heavy atom. The highest BCUT2D eigenvalue weighted by molar-refractivity contribution is 5.77. The van der Waals surface area contributed by atoms with Crippen molar-refractivity contribution >= 4 is 11.9 Å². The number of carbonyl (C=O) groups excluding carboxylic acids is 2. The van der Waals surface area contributed by atoms with Crippen molar-refractivity contribution in [2.24, 2.45) is 0 Å². The van der Waals surface area contributed by atoms with Crippen LogP contribution in [-0.4, -0.2) is 46.9 Å². The van der Waals surface area contributed by atoms with Crippen molar-refractivity contribution in [3.8, 4) is 0 Å². The zero-order valence-corrected chi connectivity index (χ0v) is 38.2. The monoisotopic (exact) mass is 812 g/mol. The van der Waals surface area contributed by atoms with Gasteiger partial charge in [0.1, 0.15) is 6.10 Å². The molecule has 0 fully saturated rings. The SMILES string of the molecule is CC/C=C/C/C=C/C/C=C/C/C=C/CCCCCC(=O)OC(CCCCC/C=C\CCCCC)CC(=O)NC(CO)C(O)CCCCCCCCCCCCCCC. The van der Waals surface area contributed by atoms with Gasteiger partial charge in [-0.15, -0.1) is 0 Å². The highest BCUT2D eigenvalue weighted by atomic mass is 16.5. The van der Waals surface area contributed by atoms with Gasteiger partial charge in [-0.1, -0.05) is 191 Å². The van der Waals surface area contributed by atoms with Crippen molar-refractivity contribution in [2.45, 2.75) is 251 Å². The fourth-order valence-electron chi connectivity index (χ4n) is 7.12. The lowest BCUT2D eigenvalue weighted by molar-refractivity contribution is -0.151. The molecule has 0 saturated heterocycles. The number of amides is 1. The normalized spacial score (nSPS) is 13.8. The highest BCUT2D eigenvalue weighted by Gasteiger charge is 2.24. The maximum atomic E-state index is 13.1. The molecule has 336 valence electrons. The molecule has 6 nitrogen and oxygen atoms in total. The summed E-state index contributed by atoms with van der Waals surface area (Å²) < 4.78 is 5.89. The molecule has 3 atom stereocenters. The number of hydrogen-bond donors (Lipinski definition) is 3. The lowest BCUT2D eigenvalue weighted by atomic mass is 10.0. The number of carbonyl (C=O) groups is 2. The molecule has 3 N–H and O–H groups in total. The largest absolute Gasteiger partial charge is 0.462 e. The van der Waals surface area contributed by atoms with Crippen molar-refractivity contribution in [2.75, 3.05) is 6.61 Å². The number of hydrogen-bond acceptors (Lipinski definition) is 5. The van der Waals surface area contributed by atoms with E-state index in [0.717, 1.165) is 103 Å². The van der Waals surface area contributed by atoms with Gasteiger partial charge in [-0.2, -0.15) is 0 Å². The van der Waals surface area contributed by atoms with Crippen LogP contribution in [0, 0.1) is 0 Å². The van der Waals surface area contributed by atoms with Crippen LogP contribution in [0.3, 0.4) is 0 Å². The third kappa shape index (κ3) is 40.3. The van der Waals surface area contributed by atoms with Crippen LogP contribution >= 0.6 is 0 Å². The third-order valence-electron chi connectivity index (χ3n) is 10.8. The number of aliphatic hydroxyl groups excluding tert-OH is 2. The number of nitrogens with one attached hydrogen (secondary N) is 1. The number of aliphatic hydroxyl groups is 2. The van der Waals surface area contributed by atoms with Crippen LogP contribution in [0.4, 0.5) is 0 Å². The molecule has 0 rings (SSSR count). The molecule has 3 unspecified atom stereocenters. The first-order valence-corrected chi connectivity index (χ1v) is 24.5. The lowest BCUT2D eigenvalue weighted by Gasteiger charge is -2.24. The van der Waals surface area contributed by atoms with Crippen LogP contribution in [0.5, 0.6) is 0 Å². The van der Waals surface area contributed by atoms with Crippen molar-refractivity contribution in [3.05, 3.63) is 60.8 Å². The quantitative estimate of drug-likeness (QED) is 0.0324. The van der Waals surface area contributed by atoms with Gasteiger partial charge in [-0.3, -0.25) is 9.59 Å². The van der Waals surface area contributed by atoms with E-state index in [1.807, 2.05) is 0 Å². The summed E-state index contributed by atoms with van der Waals surface area (Å²) in [6, 6.07) is -0.713. The standard InChI is InChI=1S/C52H93NO5/c1-4-7-10-13-16-19-22-24-25-26-28-30-33-36-39-42-45-52(57)58-48(43-40-37-34-31-21-18-15-12-9-6-3)46-51(56)53-49(47-54)50(55)44-41-38-35-32-29-27-23-20-17-14-11-8-5-2/h7,10,16,18-19,21,24-25,28,30,48-50,54-55H,4-6,8-9,11-15,17,20,22-23,26-27,29,31-47H2,1-3H3,(H,53,56)/b10-7+,19-16+,21-18-,25-24+,30-28+. The summed E-state index contributed by atoms with van der Waals surface area (Å²) in [4.78, 5) is 26.0. The number of ether oxygens (including phenoxy) is 1. The van der Waals surface area contributed by atoms with Crippen LogP contribution in [0.1, 0.15) is 233 Å². The summed E-state index contributed by atoms with van der Waals surface area (Å²) >= 11 is 0. The summed E-state index contributed by atoms with van der Waals surface area (Å²) in [7, 11) is 0. The van der Waals surface area contributed by atoms with Gasteiger partial charge >= 0.3 is 5.97 Å². The van der Waals surface area contributed by atoms with Gasteiger partial charge in [0.25, 0.3) is 0 Å². The predicted molar refractivity (Wildman–Crippen MR) is 250 cm³/mol. The van der Waals surface area contributed by atoms with Crippen LogP contribution in [0.15, 0.2) is 60.8 Å². The van der Waals surface area contributed by atoms with E-state index in [0.29, 0.717) is 19.3 Å². The molecule has 58 heavy (non-hydrogen) atoms. The molecule has 0 spiro atoms. The summed E-state index contributed by atoms with van der Waals surface area (Å²) in [5, 5.41) is 23.7. The zero-order valence-electron chi connectivity index (χ0n) is 38.2. The molecule has 6 heteroatoms. The van der Waals surface area contributed by atoms with E-state index in [2.05, 4.69) is 86.8 Å². The van der Waals surface area contributed by atoms with Crippen LogP contribution in [0.2, 0.25) is 0 Å². The van der Waals surface area contributed by atoms with Crippen molar-refractivity contribution in [3.63, 3.8) is 0 Å². The van der Waals surface area contributed by atoms with Gasteiger partial charge in [-0.05, 0) is 89.9 Å². The first-order chi connectivity index (χ1) is 28.5. The Morgan fingerprint density at radius 3 is 1.47 bits per heavy atom. The minimum absolute atomic E-state index is 0.0524. The second-order valence-corrected chi connectivity index (χ2v) is 16.5. The van der Waals surface area contributed by atoms with E-state index >= 15 is 0 Å². The number of allylic oxidation sites excluding steroid dienone is 10. The molecule has 0 aromatic carbocycles. The maximum Gasteiger partial charge on any atom is 0.306 e. The second kappa shape index (κ2) is 45.6. The second-order valence-electron chi connectivity index (χ2n) is 16.5. The van der Waals surface area contributed by atoms with Gasteiger partial charge in [-0.25, -0.2) is 0 Å². The average molecular weight is 812 g/mol. The minimum atomic E-state index is -0.797. The summed E-state index contributed by atoms with van der Waals surface area (Å²) in [5.74, 6) is -0.528. The van der Waals surface area contributed by atoms with Gasteiger partial charge in [0, 0.05) is 6.42 Å². The molecule has 0 aliphatic carbocycles. The van der Waals surface area contributed by atoms with E-state index in [1.165, 1.54) is 83.5 Å². The average Bonchev–Trinajstić information content (AvgIpc) is 3.22. The Hall–Kier alpha value is -2.44. The zero-order chi connectivity index (χ0) is 42.4. The molecule has 0 aliphatic heterocycles. The molecule has 0 aromatic rings. The van der Waals surface area contributed by atoms with Gasteiger partial charge in [0.05, 0.1) is 25.2 Å². The van der Waals surface area contributed by atoms with E-state index in [-0.39, 0.29) is 24.9 Å². The highest BCUT2D eigenvalue weighted by Crippen LogP contribution is 2.17.